The van der Waals surface area contributed by atoms with Crippen LogP contribution in [0.2, 0.25) is 0 Å². The average Bonchev–Trinajstić information content (AvgIpc) is 2.69. The highest BCUT2D eigenvalue weighted by molar-refractivity contribution is 5.89. The lowest BCUT2D eigenvalue weighted by atomic mass is 10.1. The van der Waals surface area contributed by atoms with Gasteiger partial charge in [0.25, 0.3) is 5.56 Å². The molecule has 0 unspecified atom stereocenters. The zero-order valence-corrected chi connectivity index (χ0v) is 15.7. The van der Waals surface area contributed by atoms with E-state index < -0.39 is 0 Å². The van der Waals surface area contributed by atoms with Gasteiger partial charge in [0.2, 0.25) is 5.91 Å². The van der Waals surface area contributed by atoms with E-state index in [1.54, 1.807) is 17.0 Å². The fraction of sp³-hybridized carbons (Fsp3) is 0.333. The molecule has 0 radical (unpaired) electrons. The molecule has 0 atom stereocenters. The number of carbonyl (C=O) groups excluding carboxylic acids is 1. The van der Waals surface area contributed by atoms with Gasteiger partial charge in [0.15, 0.2) is 5.82 Å². The third-order valence-electron chi connectivity index (χ3n) is 4.42. The molecule has 1 amide bonds. The molecule has 3 aromatic rings. The van der Waals surface area contributed by atoms with E-state index in [1.807, 2.05) is 44.3 Å². The van der Waals surface area contributed by atoms with Crippen LogP contribution in [-0.2, 0) is 11.3 Å². The lowest BCUT2D eigenvalue weighted by Gasteiger charge is -2.08. The standard InChI is InChI=1S/C21H24N4O2/c1-3-5-6-20(26)24-19-14-22-18(13-23-19)16-8-7-15-9-11-25(10-4-2)21(27)17(15)12-16/h7-9,11-14H,3-6,10H2,1-2H3,(H,23,24,26). The highest BCUT2D eigenvalue weighted by Gasteiger charge is 2.08. The fourth-order valence-corrected chi connectivity index (χ4v) is 2.94. The summed E-state index contributed by atoms with van der Waals surface area (Å²) in [7, 11) is 0. The molecule has 1 N–H and O–H groups in total. The number of amides is 1. The summed E-state index contributed by atoms with van der Waals surface area (Å²) >= 11 is 0. The summed E-state index contributed by atoms with van der Waals surface area (Å²) in [6, 6.07) is 7.66. The van der Waals surface area contributed by atoms with E-state index in [9.17, 15) is 9.59 Å². The molecule has 0 saturated heterocycles. The minimum Gasteiger partial charge on any atom is -0.315 e. The first-order valence-electron chi connectivity index (χ1n) is 9.38. The predicted octanol–water partition coefficient (Wildman–Crippen LogP) is 4.00. The Hall–Kier alpha value is -3.02. The van der Waals surface area contributed by atoms with Crippen LogP contribution in [0, 0.1) is 0 Å². The van der Waals surface area contributed by atoms with Gasteiger partial charge in [0.1, 0.15) is 0 Å². The van der Waals surface area contributed by atoms with Crippen LogP contribution in [0.1, 0.15) is 39.5 Å². The number of fused-ring (bicyclic) bond motifs is 1. The summed E-state index contributed by atoms with van der Waals surface area (Å²) in [6.45, 7) is 4.79. The normalized spacial score (nSPS) is 10.9. The lowest BCUT2D eigenvalue weighted by Crippen LogP contribution is -2.19. The number of anilines is 1. The molecule has 27 heavy (non-hydrogen) atoms. The van der Waals surface area contributed by atoms with Crippen molar-refractivity contribution in [3.05, 3.63) is 53.2 Å². The van der Waals surface area contributed by atoms with Crippen molar-refractivity contribution in [1.82, 2.24) is 14.5 Å². The second-order valence-corrected chi connectivity index (χ2v) is 6.55. The number of aromatic nitrogens is 3. The summed E-state index contributed by atoms with van der Waals surface area (Å²) in [5, 5.41) is 4.32. The van der Waals surface area contributed by atoms with Gasteiger partial charge in [-0.1, -0.05) is 32.4 Å². The quantitative estimate of drug-likeness (QED) is 0.687. The maximum absolute atomic E-state index is 12.6. The molecule has 0 aliphatic carbocycles. The molecule has 0 aliphatic heterocycles. The Morgan fingerprint density at radius 2 is 1.96 bits per heavy atom. The topological polar surface area (TPSA) is 76.9 Å². The Bertz CT molecular complexity index is 993. The van der Waals surface area contributed by atoms with E-state index in [0.29, 0.717) is 29.9 Å². The molecule has 2 heterocycles. The maximum atomic E-state index is 12.6. The zero-order valence-electron chi connectivity index (χ0n) is 15.7. The van der Waals surface area contributed by atoms with Crippen molar-refractivity contribution in [2.45, 2.75) is 46.1 Å². The first-order chi connectivity index (χ1) is 13.1. The predicted molar refractivity (Wildman–Crippen MR) is 108 cm³/mol. The fourth-order valence-electron chi connectivity index (χ4n) is 2.94. The van der Waals surface area contributed by atoms with Crippen molar-refractivity contribution in [2.24, 2.45) is 0 Å². The van der Waals surface area contributed by atoms with Crippen molar-refractivity contribution in [1.29, 1.82) is 0 Å². The van der Waals surface area contributed by atoms with E-state index >= 15 is 0 Å². The van der Waals surface area contributed by atoms with Gasteiger partial charge in [-0.2, -0.15) is 0 Å². The number of carbonyl (C=O) groups is 1. The number of hydrogen-bond donors (Lipinski definition) is 1. The minimum atomic E-state index is -0.0546. The Morgan fingerprint density at radius 3 is 2.67 bits per heavy atom. The zero-order chi connectivity index (χ0) is 19.2. The Kier molecular flexibility index (Phi) is 5.96. The molecule has 0 saturated carbocycles. The molecule has 3 rings (SSSR count). The van der Waals surface area contributed by atoms with E-state index in [4.69, 9.17) is 0 Å². The van der Waals surface area contributed by atoms with Crippen molar-refractivity contribution in [2.75, 3.05) is 5.32 Å². The van der Waals surface area contributed by atoms with Gasteiger partial charge in [-0.25, -0.2) is 4.98 Å². The molecule has 0 bridgehead atoms. The number of benzene rings is 1. The summed E-state index contributed by atoms with van der Waals surface area (Å²) < 4.78 is 1.73. The molecule has 2 aromatic heterocycles. The number of unbranched alkanes of at least 4 members (excludes halogenated alkanes) is 1. The minimum absolute atomic E-state index is 0.00367. The monoisotopic (exact) mass is 364 g/mol. The van der Waals surface area contributed by atoms with Crippen molar-refractivity contribution >= 4 is 22.5 Å². The molecule has 6 nitrogen and oxygen atoms in total. The molecule has 0 fully saturated rings. The molecule has 0 spiro atoms. The highest BCUT2D eigenvalue weighted by atomic mass is 16.1. The van der Waals surface area contributed by atoms with Crippen molar-refractivity contribution < 1.29 is 4.79 Å². The maximum Gasteiger partial charge on any atom is 0.258 e. The van der Waals surface area contributed by atoms with Crippen LogP contribution in [0.15, 0.2) is 47.7 Å². The van der Waals surface area contributed by atoms with Gasteiger partial charge >= 0.3 is 0 Å². The molecular weight excluding hydrogens is 340 g/mol. The Labute approximate surface area is 158 Å². The van der Waals surface area contributed by atoms with Crippen LogP contribution >= 0.6 is 0 Å². The van der Waals surface area contributed by atoms with Crippen LogP contribution in [0.5, 0.6) is 0 Å². The number of aryl methyl sites for hydroxylation is 1. The van der Waals surface area contributed by atoms with Crippen molar-refractivity contribution in [3.8, 4) is 11.3 Å². The molecular formula is C21H24N4O2. The number of rotatable bonds is 7. The summed E-state index contributed by atoms with van der Waals surface area (Å²) in [5.41, 5.74) is 1.49. The van der Waals surface area contributed by atoms with Gasteiger partial charge < -0.3 is 9.88 Å². The van der Waals surface area contributed by atoms with E-state index in [1.165, 1.54) is 0 Å². The van der Waals surface area contributed by atoms with Gasteiger partial charge in [0, 0.05) is 30.1 Å². The highest BCUT2D eigenvalue weighted by Crippen LogP contribution is 2.21. The van der Waals surface area contributed by atoms with Crippen LogP contribution in [0.4, 0.5) is 5.82 Å². The van der Waals surface area contributed by atoms with E-state index in [2.05, 4.69) is 15.3 Å². The van der Waals surface area contributed by atoms with Crippen LogP contribution in [0.3, 0.4) is 0 Å². The van der Waals surface area contributed by atoms with Gasteiger partial charge in [-0.15, -0.1) is 0 Å². The van der Waals surface area contributed by atoms with Gasteiger partial charge in [-0.05, 0) is 30.4 Å². The Morgan fingerprint density at radius 1 is 1.11 bits per heavy atom. The van der Waals surface area contributed by atoms with E-state index in [0.717, 1.165) is 30.2 Å². The second-order valence-electron chi connectivity index (χ2n) is 6.55. The van der Waals surface area contributed by atoms with Crippen LogP contribution in [-0.4, -0.2) is 20.4 Å². The average molecular weight is 364 g/mol. The van der Waals surface area contributed by atoms with Gasteiger partial charge in [0.05, 0.1) is 18.1 Å². The first kappa shape index (κ1) is 18.8. The SMILES string of the molecule is CCCCC(=O)Nc1cnc(-c2ccc3ccn(CCC)c(=O)c3c2)cn1. The molecule has 0 aliphatic rings. The van der Waals surface area contributed by atoms with Crippen LogP contribution in [0.25, 0.3) is 22.0 Å². The molecule has 6 heteroatoms. The third kappa shape index (κ3) is 4.39. The molecule has 140 valence electrons. The Balaban J connectivity index is 1.85. The summed E-state index contributed by atoms with van der Waals surface area (Å²) in [4.78, 5) is 33.1. The second kappa shape index (κ2) is 8.58. The summed E-state index contributed by atoms with van der Waals surface area (Å²) in [5.74, 6) is 0.382. The smallest absolute Gasteiger partial charge is 0.258 e. The number of hydrogen-bond acceptors (Lipinski definition) is 4. The third-order valence-corrected chi connectivity index (χ3v) is 4.42. The number of nitrogens with zero attached hydrogens (tertiary/aromatic N) is 3. The van der Waals surface area contributed by atoms with Gasteiger partial charge in [-0.3, -0.25) is 14.6 Å². The number of pyridine rings is 1. The van der Waals surface area contributed by atoms with Crippen molar-refractivity contribution in [3.63, 3.8) is 0 Å². The first-order valence-corrected chi connectivity index (χ1v) is 9.38. The van der Waals surface area contributed by atoms with E-state index in [-0.39, 0.29) is 11.5 Å². The van der Waals surface area contributed by atoms with Crippen LogP contribution < -0.4 is 10.9 Å². The lowest BCUT2D eigenvalue weighted by molar-refractivity contribution is -0.116. The largest absolute Gasteiger partial charge is 0.315 e. The number of nitrogens with one attached hydrogen (secondary N) is 1. The molecule has 1 aromatic carbocycles. The summed E-state index contributed by atoms with van der Waals surface area (Å²) in [6.07, 6.45) is 8.21.